The van der Waals surface area contributed by atoms with Gasteiger partial charge < -0.3 is 19.9 Å². The van der Waals surface area contributed by atoms with E-state index >= 15 is 0 Å². The lowest BCUT2D eigenvalue weighted by molar-refractivity contribution is 0.201. The van der Waals surface area contributed by atoms with Crippen molar-refractivity contribution in [2.24, 2.45) is 0 Å². The maximum Gasteiger partial charge on any atom is 0.321 e. The van der Waals surface area contributed by atoms with Crippen LogP contribution in [0, 0.1) is 0 Å². The minimum Gasteiger partial charge on any atom is -0.474 e. The molecule has 3 rings (SSSR count). The number of anilines is 1. The van der Waals surface area contributed by atoms with E-state index in [-0.39, 0.29) is 6.03 Å². The fourth-order valence-electron chi connectivity index (χ4n) is 3.70. The van der Waals surface area contributed by atoms with E-state index < -0.39 is 0 Å². The zero-order valence-corrected chi connectivity index (χ0v) is 15.4. The summed E-state index contributed by atoms with van der Waals surface area (Å²) < 4.78 is 5.86. The highest BCUT2D eigenvalue weighted by atomic mass is 16.5. The average molecular weight is 346 g/mol. The summed E-state index contributed by atoms with van der Waals surface area (Å²) >= 11 is 0. The molecule has 1 aliphatic heterocycles. The second-order valence-electron chi connectivity index (χ2n) is 7.37. The van der Waals surface area contributed by atoms with Crippen LogP contribution < -0.4 is 10.1 Å². The van der Waals surface area contributed by atoms with Crippen molar-refractivity contribution in [2.75, 3.05) is 32.5 Å². The van der Waals surface area contributed by atoms with Crippen molar-refractivity contribution in [2.45, 2.75) is 57.1 Å². The fraction of sp³-hybridized carbons (Fsp3) is 0.684. The molecule has 1 unspecified atom stereocenters. The third-order valence-corrected chi connectivity index (χ3v) is 5.29. The van der Waals surface area contributed by atoms with Gasteiger partial charge >= 0.3 is 6.03 Å². The van der Waals surface area contributed by atoms with Crippen molar-refractivity contribution in [1.82, 2.24) is 14.8 Å². The molecule has 25 heavy (non-hydrogen) atoms. The number of rotatable bonds is 4. The number of nitrogens with one attached hydrogen (secondary N) is 1. The Kier molecular flexibility index (Phi) is 6.13. The molecule has 0 bridgehead atoms. The van der Waals surface area contributed by atoms with Crippen LogP contribution in [0.2, 0.25) is 0 Å². The van der Waals surface area contributed by atoms with Crippen molar-refractivity contribution in [1.29, 1.82) is 0 Å². The molecule has 1 aromatic rings. The van der Waals surface area contributed by atoms with E-state index in [0.29, 0.717) is 18.0 Å². The summed E-state index contributed by atoms with van der Waals surface area (Å²) in [7, 11) is 4.22. The molecule has 138 valence electrons. The number of carbonyl (C=O) groups is 1. The van der Waals surface area contributed by atoms with Crippen LogP contribution in [0.3, 0.4) is 0 Å². The summed E-state index contributed by atoms with van der Waals surface area (Å²) in [6.07, 6.45) is 9.90. The van der Waals surface area contributed by atoms with Gasteiger partial charge in [-0.15, -0.1) is 0 Å². The third kappa shape index (κ3) is 5.08. The normalized spacial score (nSPS) is 22.0. The molecule has 6 nitrogen and oxygen atoms in total. The minimum absolute atomic E-state index is 0.0364. The van der Waals surface area contributed by atoms with Crippen LogP contribution in [0.15, 0.2) is 18.3 Å². The average Bonchev–Trinajstić information content (AvgIpc) is 2.97. The van der Waals surface area contributed by atoms with E-state index in [4.69, 9.17) is 4.74 Å². The number of hydrogen-bond donors (Lipinski definition) is 1. The quantitative estimate of drug-likeness (QED) is 0.908. The summed E-state index contributed by atoms with van der Waals surface area (Å²) in [5, 5.41) is 2.96. The van der Waals surface area contributed by atoms with E-state index in [1.54, 1.807) is 6.20 Å². The van der Waals surface area contributed by atoms with Gasteiger partial charge in [0.25, 0.3) is 0 Å². The Hall–Kier alpha value is -1.82. The molecule has 2 heterocycles. The molecule has 1 aromatic heterocycles. The standard InChI is InChI=1S/C19H30N4O2/c1-22(2)16-6-5-12-23(13-11-16)19(24)21-15-9-10-18(20-14-15)25-17-7-3-4-8-17/h9-10,14,16-17H,3-8,11-13H2,1-2H3,(H,21,24). The van der Waals surface area contributed by atoms with Crippen molar-refractivity contribution in [3.05, 3.63) is 18.3 Å². The Morgan fingerprint density at radius 3 is 2.64 bits per heavy atom. The number of likely N-dealkylation sites (tertiary alicyclic amines) is 1. The lowest BCUT2D eigenvalue weighted by Gasteiger charge is -2.23. The van der Waals surface area contributed by atoms with Crippen LogP contribution in [-0.2, 0) is 0 Å². The number of aromatic nitrogens is 1. The van der Waals surface area contributed by atoms with Crippen LogP contribution in [-0.4, -0.2) is 60.1 Å². The molecule has 0 radical (unpaired) electrons. The molecular formula is C19H30N4O2. The molecule has 2 amide bonds. The lowest BCUT2D eigenvalue weighted by atomic mass is 10.1. The van der Waals surface area contributed by atoms with Gasteiger partial charge in [-0.3, -0.25) is 0 Å². The van der Waals surface area contributed by atoms with E-state index in [0.717, 1.165) is 50.9 Å². The molecule has 1 atom stereocenters. The van der Waals surface area contributed by atoms with Crippen molar-refractivity contribution in [3.8, 4) is 5.88 Å². The van der Waals surface area contributed by atoms with Crippen LogP contribution in [0.1, 0.15) is 44.9 Å². The number of urea groups is 1. The van der Waals surface area contributed by atoms with Crippen LogP contribution in [0.5, 0.6) is 5.88 Å². The number of amides is 2. The molecule has 1 aliphatic carbocycles. The summed E-state index contributed by atoms with van der Waals surface area (Å²) in [6, 6.07) is 4.24. The number of pyridine rings is 1. The first kappa shape index (κ1) is 18.0. The van der Waals surface area contributed by atoms with Gasteiger partial charge in [-0.2, -0.15) is 0 Å². The molecule has 1 N–H and O–H groups in total. The Labute approximate surface area is 150 Å². The summed E-state index contributed by atoms with van der Waals surface area (Å²) in [4.78, 5) is 21.0. The number of carbonyl (C=O) groups excluding carboxylic acids is 1. The highest BCUT2D eigenvalue weighted by Gasteiger charge is 2.22. The van der Waals surface area contributed by atoms with E-state index in [1.807, 2.05) is 17.0 Å². The Morgan fingerprint density at radius 1 is 1.16 bits per heavy atom. The first-order valence-electron chi connectivity index (χ1n) is 9.47. The monoisotopic (exact) mass is 346 g/mol. The summed E-state index contributed by atoms with van der Waals surface area (Å²) in [6.45, 7) is 1.61. The minimum atomic E-state index is -0.0364. The van der Waals surface area contributed by atoms with Gasteiger partial charge in [-0.1, -0.05) is 0 Å². The van der Waals surface area contributed by atoms with Gasteiger partial charge in [0.05, 0.1) is 11.9 Å². The molecule has 6 heteroatoms. The topological polar surface area (TPSA) is 57.7 Å². The summed E-state index contributed by atoms with van der Waals surface area (Å²) in [5.41, 5.74) is 0.720. The predicted molar refractivity (Wildman–Crippen MR) is 99.0 cm³/mol. The second-order valence-corrected chi connectivity index (χ2v) is 7.37. The SMILES string of the molecule is CN(C)C1CCCN(C(=O)Nc2ccc(OC3CCCC3)nc2)CC1. The smallest absolute Gasteiger partial charge is 0.321 e. The maximum atomic E-state index is 12.5. The molecule has 0 aromatic carbocycles. The second kappa shape index (κ2) is 8.52. The molecule has 1 saturated heterocycles. The zero-order chi connectivity index (χ0) is 17.6. The first-order valence-corrected chi connectivity index (χ1v) is 9.47. The van der Waals surface area contributed by atoms with E-state index in [2.05, 4.69) is 29.3 Å². The number of nitrogens with zero attached hydrogens (tertiary/aromatic N) is 3. The molecule has 0 spiro atoms. The van der Waals surface area contributed by atoms with Gasteiger partial charge in [0, 0.05) is 25.2 Å². The lowest BCUT2D eigenvalue weighted by Crippen LogP contribution is -2.36. The van der Waals surface area contributed by atoms with Crippen molar-refractivity contribution < 1.29 is 9.53 Å². The molecule has 2 fully saturated rings. The summed E-state index contributed by atoms with van der Waals surface area (Å²) in [5.74, 6) is 0.647. The fourth-order valence-corrected chi connectivity index (χ4v) is 3.70. The van der Waals surface area contributed by atoms with Crippen LogP contribution in [0.25, 0.3) is 0 Å². The van der Waals surface area contributed by atoms with Crippen molar-refractivity contribution in [3.63, 3.8) is 0 Å². The highest BCUT2D eigenvalue weighted by Crippen LogP contribution is 2.23. The van der Waals surface area contributed by atoms with E-state index in [1.165, 1.54) is 12.8 Å². The molecular weight excluding hydrogens is 316 g/mol. The maximum absolute atomic E-state index is 12.5. The van der Waals surface area contributed by atoms with Gasteiger partial charge in [0.2, 0.25) is 5.88 Å². The molecule has 1 saturated carbocycles. The van der Waals surface area contributed by atoms with Gasteiger partial charge in [0.15, 0.2) is 0 Å². The van der Waals surface area contributed by atoms with Gasteiger partial charge in [-0.05, 0) is 65.1 Å². The zero-order valence-electron chi connectivity index (χ0n) is 15.4. The van der Waals surface area contributed by atoms with Crippen molar-refractivity contribution >= 4 is 11.7 Å². The first-order chi connectivity index (χ1) is 12.1. The third-order valence-electron chi connectivity index (χ3n) is 5.29. The van der Waals surface area contributed by atoms with Crippen LogP contribution in [0.4, 0.5) is 10.5 Å². The van der Waals surface area contributed by atoms with Gasteiger partial charge in [-0.25, -0.2) is 9.78 Å². The molecule has 2 aliphatic rings. The number of hydrogen-bond acceptors (Lipinski definition) is 4. The number of ether oxygens (including phenoxy) is 1. The largest absolute Gasteiger partial charge is 0.474 e. The Morgan fingerprint density at radius 2 is 1.96 bits per heavy atom. The van der Waals surface area contributed by atoms with E-state index in [9.17, 15) is 4.79 Å². The highest BCUT2D eigenvalue weighted by molar-refractivity contribution is 5.89. The van der Waals surface area contributed by atoms with Gasteiger partial charge in [0.1, 0.15) is 6.10 Å². The van der Waals surface area contributed by atoms with Crippen LogP contribution >= 0.6 is 0 Å². The Bertz CT molecular complexity index is 555. The Balaban J connectivity index is 1.50. The predicted octanol–water partition coefficient (Wildman–Crippen LogP) is 3.35.